The third kappa shape index (κ3) is 6.23. The van der Waals surface area contributed by atoms with Crippen molar-refractivity contribution in [3.8, 4) is 0 Å². The number of piperidine rings is 1. The summed E-state index contributed by atoms with van der Waals surface area (Å²) in [7, 11) is 3.77. The van der Waals surface area contributed by atoms with Crippen LogP contribution in [0.25, 0.3) is 0 Å². The Balaban J connectivity index is 2.32. The first-order chi connectivity index (χ1) is 9.17. The molecule has 0 aromatic rings. The molecule has 0 spiro atoms. The zero-order valence-corrected chi connectivity index (χ0v) is 13.2. The van der Waals surface area contributed by atoms with Gasteiger partial charge in [-0.15, -0.1) is 0 Å². The SMILES string of the molecule is CN(C)CC(=O)N1CCC(NC(=O)OC(C)(C)C)CC1. The average molecular weight is 285 g/mol. The van der Waals surface area contributed by atoms with Gasteiger partial charge in [0.2, 0.25) is 5.91 Å². The number of likely N-dealkylation sites (N-methyl/N-ethyl adjacent to an activating group) is 1. The second-order valence-corrected chi connectivity index (χ2v) is 6.54. The number of hydrogen-bond donors (Lipinski definition) is 1. The van der Waals surface area contributed by atoms with Crippen LogP contribution in [-0.4, -0.2) is 67.2 Å². The number of rotatable bonds is 3. The molecule has 1 fully saturated rings. The zero-order chi connectivity index (χ0) is 15.3. The number of alkyl carbamates (subject to hydrolysis) is 1. The summed E-state index contributed by atoms with van der Waals surface area (Å²) in [6.07, 6.45) is 1.17. The van der Waals surface area contributed by atoms with Crippen LogP contribution >= 0.6 is 0 Å². The minimum absolute atomic E-state index is 0.0910. The molecular weight excluding hydrogens is 258 g/mol. The summed E-state index contributed by atoms with van der Waals surface area (Å²) in [6, 6.07) is 0.0910. The third-order valence-electron chi connectivity index (χ3n) is 3.02. The van der Waals surface area contributed by atoms with E-state index in [-0.39, 0.29) is 18.0 Å². The molecule has 0 bridgehead atoms. The molecule has 1 saturated heterocycles. The van der Waals surface area contributed by atoms with E-state index in [1.54, 1.807) is 0 Å². The van der Waals surface area contributed by atoms with Gasteiger partial charge in [0.25, 0.3) is 0 Å². The molecule has 0 aliphatic carbocycles. The summed E-state index contributed by atoms with van der Waals surface area (Å²) in [5, 5.41) is 2.87. The molecular formula is C14H27N3O3. The first-order valence-corrected chi connectivity index (χ1v) is 7.09. The van der Waals surface area contributed by atoms with Crippen molar-refractivity contribution in [1.29, 1.82) is 0 Å². The largest absolute Gasteiger partial charge is 0.444 e. The Morgan fingerprint density at radius 3 is 2.25 bits per heavy atom. The number of likely N-dealkylation sites (tertiary alicyclic amines) is 1. The highest BCUT2D eigenvalue weighted by molar-refractivity contribution is 5.78. The lowest BCUT2D eigenvalue weighted by molar-refractivity contribution is -0.132. The summed E-state index contributed by atoms with van der Waals surface area (Å²) < 4.78 is 5.23. The number of ether oxygens (including phenoxy) is 1. The highest BCUT2D eigenvalue weighted by Crippen LogP contribution is 2.12. The van der Waals surface area contributed by atoms with Gasteiger partial charge < -0.3 is 19.9 Å². The Kier molecular flexibility index (Phi) is 5.80. The molecule has 0 radical (unpaired) electrons. The predicted octanol–water partition coefficient (Wildman–Crippen LogP) is 1.06. The van der Waals surface area contributed by atoms with Gasteiger partial charge in [-0.05, 0) is 47.7 Å². The van der Waals surface area contributed by atoms with Crippen molar-refractivity contribution in [2.75, 3.05) is 33.7 Å². The van der Waals surface area contributed by atoms with Crippen LogP contribution in [0, 0.1) is 0 Å². The Bertz CT molecular complexity index is 342. The van der Waals surface area contributed by atoms with Crippen molar-refractivity contribution in [2.45, 2.75) is 45.3 Å². The van der Waals surface area contributed by atoms with Crippen LogP contribution in [0.2, 0.25) is 0 Å². The summed E-state index contributed by atoms with van der Waals surface area (Å²) in [5.41, 5.74) is -0.480. The van der Waals surface area contributed by atoms with E-state index in [1.165, 1.54) is 0 Å². The average Bonchev–Trinajstić information content (AvgIpc) is 2.26. The summed E-state index contributed by atoms with van der Waals surface area (Å²) in [4.78, 5) is 27.3. The molecule has 0 unspecified atom stereocenters. The zero-order valence-electron chi connectivity index (χ0n) is 13.2. The molecule has 1 heterocycles. The fraction of sp³-hybridized carbons (Fsp3) is 0.857. The van der Waals surface area contributed by atoms with Gasteiger partial charge in [0.1, 0.15) is 5.60 Å². The van der Waals surface area contributed by atoms with E-state index in [4.69, 9.17) is 4.74 Å². The van der Waals surface area contributed by atoms with E-state index in [0.29, 0.717) is 19.6 Å². The number of carbonyl (C=O) groups excluding carboxylic acids is 2. The Labute approximate surface area is 121 Å². The highest BCUT2D eigenvalue weighted by atomic mass is 16.6. The van der Waals surface area contributed by atoms with Crippen molar-refractivity contribution < 1.29 is 14.3 Å². The minimum atomic E-state index is -0.480. The lowest BCUT2D eigenvalue weighted by atomic mass is 10.1. The van der Waals surface area contributed by atoms with Crippen molar-refractivity contribution in [2.24, 2.45) is 0 Å². The van der Waals surface area contributed by atoms with E-state index in [9.17, 15) is 9.59 Å². The van der Waals surface area contributed by atoms with Crippen LogP contribution in [0.4, 0.5) is 4.79 Å². The first kappa shape index (κ1) is 16.8. The molecule has 1 N–H and O–H groups in total. The number of nitrogens with zero attached hydrogens (tertiary/aromatic N) is 2. The van der Waals surface area contributed by atoms with E-state index >= 15 is 0 Å². The van der Waals surface area contributed by atoms with Gasteiger partial charge in [-0.25, -0.2) is 4.79 Å². The fourth-order valence-corrected chi connectivity index (χ4v) is 2.12. The van der Waals surface area contributed by atoms with Crippen molar-refractivity contribution in [3.05, 3.63) is 0 Å². The van der Waals surface area contributed by atoms with E-state index < -0.39 is 5.60 Å². The predicted molar refractivity (Wildman–Crippen MR) is 77.5 cm³/mol. The lowest BCUT2D eigenvalue weighted by Gasteiger charge is -2.33. The number of nitrogens with one attached hydrogen (secondary N) is 1. The fourth-order valence-electron chi connectivity index (χ4n) is 2.12. The normalized spacial score (nSPS) is 17.2. The summed E-state index contributed by atoms with van der Waals surface area (Å²) in [5.74, 6) is 0.144. The van der Waals surface area contributed by atoms with E-state index in [0.717, 1.165) is 12.8 Å². The van der Waals surface area contributed by atoms with Crippen LogP contribution in [0.15, 0.2) is 0 Å². The molecule has 0 aromatic heterocycles. The van der Waals surface area contributed by atoms with Gasteiger partial charge in [-0.2, -0.15) is 0 Å². The van der Waals surface area contributed by atoms with Gasteiger partial charge in [-0.3, -0.25) is 4.79 Å². The molecule has 116 valence electrons. The quantitative estimate of drug-likeness (QED) is 0.842. The third-order valence-corrected chi connectivity index (χ3v) is 3.02. The molecule has 1 aliphatic rings. The van der Waals surface area contributed by atoms with Crippen LogP contribution in [-0.2, 0) is 9.53 Å². The van der Waals surface area contributed by atoms with Crippen LogP contribution in [0.1, 0.15) is 33.6 Å². The molecule has 0 aromatic carbocycles. The van der Waals surface area contributed by atoms with E-state index in [2.05, 4.69) is 5.32 Å². The summed E-state index contributed by atoms with van der Waals surface area (Å²) >= 11 is 0. The first-order valence-electron chi connectivity index (χ1n) is 7.09. The highest BCUT2D eigenvalue weighted by Gasteiger charge is 2.25. The molecule has 6 nitrogen and oxygen atoms in total. The molecule has 0 saturated carbocycles. The van der Waals surface area contributed by atoms with Crippen LogP contribution < -0.4 is 5.32 Å². The van der Waals surface area contributed by atoms with Gasteiger partial charge in [0.05, 0.1) is 6.54 Å². The second kappa shape index (κ2) is 6.92. The topological polar surface area (TPSA) is 61.9 Å². The maximum Gasteiger partial charge on any atom is 0.407 e. The molecule has 1 aliphatic heterocycles. The van der Waals surface area contributed by atoms with Crippen molar-refractivity contribution in [3.63, 3.8) is 0 Å². The van der Waals surface area contributed by atoms with Crippen LogP contribution in [0.3, 0.4) is 0 Å². The number of amides is 2. The monoisotopic (exact) mass is 285 g/mol. The van der Waals surface area contributed by atoms with Crippen molar-refractivity contribution >= 4 is 12.0 Å². The van der Waals surface area contributed by atoms with Gasteiger partial charge in [0, 0.05) is 19.1 Å². The smallest absolute Gasteiger partial charge is 0.407 e. The Morgan fingerprint density at radius 2 is 1.80 bits per heavy atom. The summed E-state index contributed by atoms with van der Waals surface area (Å²) in [6.45, 7) is 7.34. The van der Waals surface area contributed by atoms with E-state index in [1.807, 2.05) is 44.7 Å². The van der Waals surface area contributed by atoms with Crippen LogP contribution in [0.5, 0.6) is 0 Å². The Morgan fingerprint density at radius 1 is 1.25 bits per heavy atom. The molecule has 20 heavy (non-hydrogen) atoms. The van der Waals surface area contributed by atoms with Crippen molar-refractivity contribution in [1.82, 2.24) is 15.1 Å². The standard InChI is InChI=1S/C14H27N3O3/c1-14(2,3)20-13(19)15-11-6-8-17(9-7-11)12(18)10-16(4)5/h11H,6-10H2,1-5H3,(H,15,19). The number of hydrogen-bond acceptors (Lipinski definition) is 4. The lowest BCUT2D eigenvalue weighted by Crippen LogP contribution is -2.49. The van der Waals surface area contributed by atoms with Gasteiger partial charge >= 0.3 is 6.09 Å². The minimum Gasteiger partial charge on any atom is -0.444 e. The second-order valence-electron chi connectivity index (χ2n) is 6.54. The number of carbonyl (C=O) groups is 2. The maximum atomic E-state index is 11.9. The Hall–Kier alpha value is -1.30. The molecule has 1 rings (SSSR count). The maximum absolute atomic E-state index is 11.9. The molecule has 0 atom stereocenters. The van der Waals surface area contributed by atoms with Gasteiger partial charge in [0.15, 0.2) is 0 Å². The van der Waals surface area contributed by atoms with Gasteiger partial charge in [-0.1, -0.05) is 0 Å². The molecule has 2 amide bonds. The molecule has 6 heteroatoms.